The molecule has 2 amide bonds. The molecule has 0 aliphatic rings. The van der Waals surface area contributed by atoms with Crippen LogP contribution in [0.3, 0.4) is 0 Å². The molecule has 38 heavy (non-hydrogen) atoms. The van der Waals surface area contributed by atoms with E-state index in [0.717, 1.165) is 19.9 Å². The van der Waals surface area contributed by atoms with E-state index in [1.54, 1.807) is 50.2 Å². The summed E-state index contributed by atoms with van der Waals surface area (Å²) in [6.45, 7) is 5.37. The molecule has 0 heterocycles. The molecule has 0 saturated heterocycles. The van der Waals surface area contributed by atoms with Crippen molar-refractivity contribution in [3.8, 4) is 5.75 Å². The summed E-state index contributed by atoms with van der Waals surface area (Å²) in [5, 5.41) is 2.75. The summed E-state index contributed by atoms with van der Waals surface area (Å²) < 4.78 is 34.7. The molecule has 1 atom stereocenters. The standard InChI is InChI=1S/C28H32BrN3O5S/c1-5-30-28(34)21(3)31(18-22-7-6-8-23(29)17-22)27(33)19-32(24-11-9-20(2)10-12-24)38(35,36)26-15-13-25(37-4)14-16-26/h6-17,21H,5,18-19H2,1-4H3,(H,30,34)/t21-/m1/s1. The number of halogens is 1. The average molecular weight is 603 g/mol. The summed E-state index contributed by atoms with van der Waals surface area (Å²) in [7, 11) is -2.64. The monoisotopic (exact) mass is 601 g/mol. The van der Waals surface area contributed by atoms with E-state index in [1.807, 2.05) is 31.2 Å². The second-order valence-electron chi connectivity index (χ2n) is 8.74. The largest absolute Gasteiger partial charge is 0.497 e. The lowest BCUT2D eigenvalue weighted by atomic mass is 10.1. The van der Waals surface area contributed by atoms with Crippen LogP contribution < -0.4 is 14.4 Å². The van der Waals surface area contributed by atoms with E-state index < -0.39 is 28.5 Å². The predicted molar refractivity (Wildman–Crippen MR) is 152 cm³/mol. The maximum atomic E-state index is 13.8. The number of carbonyl (C=O) groups is 2. The fourth-order valence-electron chi connectivity index (χ4n) is 3.85. The molecule has 0 aliphatic heterocycles. The van der Waals surface area contributed by atoms with E-state index >= 15 is 0 Å². The van der Waals surface area contributed by atoms with Gasteiger partial charge in [0.15, 0.2) is 0 Å². The number of carbonyl (C=O) groups excluding carboxylic acids is 2. The van der Waals surface area contributed by atoms with Crippen LogP contribution in [-0.2, 0) is 26.2 Å². The van der Waals surface area contributed by atoms with Gasteiger partial charge in [0.05, 0.1) is 17.7 Å². The Morgan fingerprint density at radius 2 is 1.68 bits per heavy atom. The zero-order valence-electron chi connectivity index (χ0n) is 21.8. The Hall–Kier alpha value is -3.37. The van der Waals surface area contributed by atoms with E-state index in [2.05, 4.69) is 21.2 Å². The Balaban J connectivity index is 2.02. The van der Waals surface area contributed by atoms with Crippen LogP contribution in [-0.4, -0.2) is 51.4 Å². The smallest absolute Gasteiger partial charge is 0.264 e. The van der Waals surface area contributed by atoms with Gasteiger partial charge in [0.1, 0.15) is 18.3 Å². The third-order valence-electron chi connectivity index (χ3n) is 6.01. The minimum Gasteiger partial charge on any atom is -0.497 e. The Morgan fingerprint density at radius 1 is 1.03 bits per heavy atom. The number of benzene rings is 3. The number of methoxy groups -OCH3 is 1. The molecular weight excluding hydrogens is 570 g/mol. The zero-order chi connectivity index (χ0) is 27.9. The molecule has 0 aliphatic carbocycles. The highest BCUT2D eigenvalue weighted by Crippen LogP contribution is 2.26. The molecule has 1 N–H and O–H groups in total. The van der Waals surface area contributed by atoms with Gasteiger partial charge in [-0.05, 0) is 74.9 Å². The number of anilines is 1. The molecule has 0 unspecified atom stereocenters. The molecule has 10 heteroatoms. The maximum absolute atomic E-state index is 13.8. The van der Waals surface area contributed by atoms with Crippen LogP contribution in [0.5, 0.6) is 5.75 Å². The van der Waals surface area contributed by atoms with Crippen LogP contribution in [0.25, 0.3) is 0 Å². The van der Waals surface area contributed by atoms with Crippen LogP contribution in [0.15, 0.2) is 82.2 Å². The number of nitrogens with one attached hydrogen (secondary N) is 1. The molecule has 0 radical (unpaired) electrons. The molecule has 3 rings (SSSR count). The van der Waals surface area contributed by atoms with Crippen LogP contribution in [0, 0.1) is 6.92 Å². The van der Waals surface area contributed by atoms with Crippen LogP contribution in [0.2, 0.25) is 0 Å². The van der Waals surface area contributed by atoms with E-state index in [0.29, 0.717) is 18.0 Å². The molecule has 0 fully saturated rings. The van der Waals surface area contributed by atoms with Crippen molar-refractivity contribution >= 4 is 43.5 Å². The second kappa shape index (κ2) is 12.9. The summed E-state index contributed by atoms with van der Waals surface area (Å²) >= 11 is 3.44. The van der Waals surface area contributed by atoms with Gasteiger partial charge in [-0.2, -0.15) is 0 Å². The number of aryl methyl sites for hydroxylation is 1. The average Bonchev–Trinajstić information content (AvgIpc) is 2.90. The minimum absolute atomic E-state index is 0.0157. The van der Waals surface area contributed by atoms with Gasteiger partial charge in [-0.1, -0.05) is 45.8 Å². The first kappa shape index (κ1) is 29.2. The molecule has 202 valence electrons. The Morgan fingerprint density at radius 3 is 2.26 bits per heavy atom. The van der Waals surface area contributed by atoms with Crippen molar-refractivity contribution in [2.45, 2.75) is 38.3 Å². The van der Waals surface area contributed by atoms with E-state index in [9.17, 15) is 18.0 Å². The molecule has 8 nitrogen and oxygen atoms in total. The van der Waals surface area contributed by atoms with Gasteiger partial charge in [0, 0.05) is 17.6 Å². The van der Waals surface area contributed by atoms with Gasteiger partial charge >= 0.3 is 0 Å². The summed E-state index contributed by atoms with van der Waals surface area (Å²) in [5.74, 6) is -0.324. The van der Waals surface area contributed by atoms with Gasteiger partial charge < -0.3 is 15.0 Å². The number of rotatable bonds is 11. The second-order valence-corrected chi connectivity index (χ2v) is 11.5. The van der Waals surface area contributed by atoms with Gasteiger partial charge in [-0.15, -0.1) is 0 Å². The van der Waals surface area contributed by atoms with Crippen LogP contribution in [0.1, 0.15) is 25.0 Å². The lowest BCUT2D eigenvalue weighted by Crippen LogP contribution is -2.51. The van der Waals surface area contributed by atoms with Crippen LogP contribution >= 0.6 is 15.9 Å². The first-order chi connectivity index (χ1) is 18.1. The predicted octanol–water partition coefficient (Wildman–Crippen LogP) is 4.51. The topological polar surface area (TPSA) is 96.0 Å². The van der Waals surface area contributed by atoms with E-state index in [-0.39, 0.29) is 17.3 Å². The van der Waals surface area contributed by atoms with Crippen molar-refractivity contribution in [1.29, 1.82) is 0 Å². The Kier molecular flexibility index (Phi) is 9.93. The Bertz CT molecular complexity index is 1360. The number of hydrogen-bond donors (Lipinski definition) is 1. The summed E-state index contributed by atoms with van der Waals surface area (Å²) in [6.07, 6.45) is 0. The first-order valence-electron chi connectivity index (χ1n) is 12.1. The number of amides is 2. The van der Waals surface area contributed by atoms with Crippen molar-refractivity contribution in [3.05, 3.63) is 88.4 Å². The van der Waals surface area contributed by atoms with E-state index in [1.165, 1.54) is 24.1 Å². The minimum atomic E-state index is -4.13. The number of ether oxygens (including phenoxy) is 1. The fourth-order valence-corrected chi connectivity index (χ4v) is 5.71. The van der Waals surface area contributed by atoms with Gasteiger partial charge in [0.25, 0.3) is 10.0 Å². The lowest BCUT2D eigenvalue weighted by molar-refractivity contribution is -0.139. The number of likely N-dealkylation sites (N-methyl/N-ethyl adjacent to an activating group) is 1. The molecule has 0 spiro atoms. The third kappa shape index (κ3) is 7.14. The highest BCUT2D eigenvalue weighted by atomic mass is 79.9. The van der Waals surface area contributed by atoms with Gasteiger partial charge in [-0.25, -0.2) is 8.42 Å². The zero-order valence-corrected chi connectivity index (χ0v) is 24.3. The fraction of sp³-hybridized carbons (Fsp3) is 0.286. The van der Waals surface area contributed by atoms with Crippen molar-refractivity contribution < 1.29 is 22.7 Å². The van der Waals surface area contributed by atoms with Crippen molar-refractivity contribution in [2.75, 3.05) is 24.5 Å². The molecular formula is C28H32BrN3O5S. The normalized spacial score (nSPS) is 11.9. The first-order valence-corrected chi connectivity index (χ1v) is 14.3. The molecule has 3 aromatic carbocycles. The Labute approximate surface area is 232 Å². The van der Waals surface area contributed by atoms with E-state index in [4.69, 9.17) is 4.74 Å². The summed E-state index contributed by atoms with van der Waals surface area (Å²) in [5.41, 5.74) is 2.08. The van der Waals surface area contributed by atoms with Crippen molar-refractivity contribution in [1.82, 2.24) is 10.2 Å². The molecule has 0 bridgehead atoms. The lowest BCUT2D eigenvalue weighted by Gasteiger charge is -2.32. The highest BCUT2D eigenvalue weighted by molar-refractivity contribution is 9.10. The quantitative estimate of drug-likeness (QED) is 0.349. The number of nitrogens with zero attached hydrogens (tertiary/aromatic N) is 2. The van der Waals surface area contributed by atoms with Gasteiger partial charge in [0.2, 0.25) is 11.8 Å². The maximum Gasteiger partial charge on any atom is 0.264 e. The van der Waals surface area contributed by atoms with Gasteiger partial charge in [-0.3, -0.25) is 13.9 Å². The third-order valence-corrected chi connectivity index (χ3v) is 8.29. The number of hydrogen-bond acceptors (Lipinski definition) is 5. The molecule has 0 aromatic heterocycles. The molecule has 3 aromatic rings. The SMILES string of the molecule is CCNC(=O)[C@@H](C)N(Cc1cccc(Br)c1)C(=O)CN(c1ccc(C)cc1)S(=O)(=O)c1ccc(OC)cc1. The highest BCUT2D eigenvalue weighted by Gasteiger charge is 2.32. The molecule has 0 saturated carbocycles. The van der Waals surface area contributed by atoms with Crippen molar-refractivity contribution in [2.24, 2.45) is 0 Å². The van der Waals surface area contributed by atoms with Crippen molar-refractivity contribution in [3.63, 3.8) is 0 Å². The summed E-state index contributed by atoms with van der Waals surface area (Å²) in [6, 6.07) is 19.5. The van der Waals surface area contributed by atoms with Crippen LogP contribution in [0.4, 0.5) is 5.69 Å². The summed E-state index contributed by atoms with van der Waals surface area (Å²) in [4.78, 5) is 28.0. The number of sulfonamides is 1.